The van der Waals surface area contributed by atoms with Gasteiger partial charge in [0.1, 0.15) is 0 Å². The zero-order valence-corrected chi connectivity index (χ0v) is 13.2. The first-order valence-corrected chi connectivity index (χ1v) is 8.03. The van der Waals surface area contributed by atoms with Crippen LogP contribution in [0.2, 0.25) is 5.02 Å². The summed E-state index contributed by atoms with van der Waals surface area (Å²) in [6.07, 6.45) is 6.65. The maximum atomic E-state index is 5.83. The number of halogens is 1. The molecule has 0 amide bonds. The minimum absolute atomic E-state index is 0.752. The van der Waals surface area contributed by atoms with Crippen LogP contribution in [0.4, 0.5) is 0 Å². The van der Waals surface area contributed by atoms with E-state index in [1.165, 1.54) is 0 Å². The highest BCUT2D eigenvalue weighted by molar-refractivity contribution is 7.10. The summed E-state index contributed by atoms with van der Waals surface area (Å²) in [5, 5.41) is 2.80. The SMILES string of the molecule is Clc1ccc(/C=C/C#CCCCC#Cc2cccs2)cc1. The third-order valence-electron chi connectivity index (χ3n) is 2.67. The molecule has 1 aromatic carbocycles. The first-order valence-electron chi connectivity index (χ1n) is 6.77. The van der Waals surface area contributed by atoms with E-state index in [1.54, 1.807) is 11.3 Å². The predicted octanol–water partition coefficient (Wildman–Crippen LogP) is 5.64. The van der Waals surface area contributed by atoms with Crippen molar-refractivity contribution >= 4 is 29.0 Å². The Bertz CT molecular complexity index is 686. The first kappa shape index (κ1) is 15.5. The zero-order valence-electron chi connectivity index (χ0n) is 11.6. The second-order valence-corrected chi connectivity index (χ2v) is 5.72. The molecular formula is C19H15ClS. The van der Waals surface area contributed by atoms with Crippen LogP contribution in [0.1, 0.15) is 29.7 Å². The van der Waals surface area contributed by atoms with Crippen LogP contribution in [-0.2, 0) is 0 Å². The maximum absolute atomic E-state index is 5.83. The summed E-state index contributed by atoms with van der Waals surface area (Å²) in [5.41, 5.74) is 1.11. The highest BCUT2D eigenvalue weighted by atomic mass is 35.5. The van der Waals surface area contributed by atoms with Crippen molar-refractivity contribution in [3.05, 3.63) is 63.3 Å². The fourth-order valence-electron chi connectivity index (χ4n) is 1.61. The van der Waals surface area contributed by atoms with Gasteiger partial charge in [-0.3, -0.25) is 0 Å². The van der Waals surface area contributed by atoms with Crippen LogP contribution >= 0.6 is 22.9 Å². The average molecular weight is 311 g/mol. The molecule has 0 bridgehead atoms. The first-order chi connectivity index (χ1) is 10.3. The minimum Gasteiger partial charge on any atom is -0.135 e. The highest BCUT2D eigenvalue weighted by Crippen LogP contribution is 2.10. The molecular weight excluding hydrogens is 296 g/mol. The van der Waals surface area contributed by atoms with Crippen molar-refractivity contribution in [1.82, 2.24) is 0 Å². The average Bonchev–Trinajstić information content (AvgIpc) is 3.01. The van der Waals surface area contributed by atoms with Gasteiger partial charge in [-0.2, -0.15) is 0 Å². The molecule has 0 aliphatic heterocycles. The van der Waals surface area contributed by atoms with Gasteiger partial charge < -0.3 is 0 Å². The number of rotatable bonds is 3. The number of hydrogen-bond donors (Lipinski definition) is 0. The molecule has 1 heterocycles. The highest BCUT2D eigenvalue weighted by Gasteiger charge is 1.86. The Kier molecular flexibility index (Phi) is 6.69. The van der Waals surface area contributed by atoms with Crippen LogP contribution in [0, 0.1) is 23.7 Å². The second kappa shape index (κ2) is 9.09. The summed E-state index contributed by atoms with van der Waals surface area (Å²) in [6.45, 7) is 0. The van der Waals surface area contributed by atoms with Crippen LogP contribution in [0.15, 0.2) is 47.9 Å². The molecule has 0 saturated carbocycles. The summed E-state index contributed by atoms with van der Waals surface area (Å²) < 4.78 is 0. The van der Waals surface area contributed by atoms with Gasteiger partial charge in [-0.25, -0.2) is 0 Å². The Hall–Kier alpha value is -1.93. The Morgan fingerprint density at radius 3 is 2.62 bits per heavy atom. The van der Waals surface area contributed by atoms with E-state index in [4.69, 9.17) is 11.6 Å². The number of thiophene rings is 1. The molecule has 2 aromatic rings. The summed E-state index contributed by atoms with van der Waals surface area (Å²) in [7, 11) is 0. The fraction of sp³-hybridized carbons (Fsp3) is 0.158. The van der Waals surface area contributed by atoms with Gasteiger partial charge in [0.05, 0.1) is 4.88 Å². The van der Waals surface area contributed by atoms with E-state index in [2.05, 4.69) is 23.7 Å². The monoisotopic (exact) mass is 310 g/mol. The molecule has 0 N–H and O–H groups in total. The Morgan fingerprint density at radius 1 is 1.05 bits per heavy atom. The molecule has 0 radical (unpaired) electrons. The molecule has 0 fully saturated rings. The molecule has 0 spiro atoms. The van der Waals surface area contributed by atoms with Gasteiger partial charge in [0.2, 0.25) is 0 Å². The van der Waals surface area contributed by atoms with Crippen molar-refractivity contribution in [3.8, 4) is 23.7 Å². The molecule has 0 aliphatic rings. The molecule has 104 valence electrons. The van der Waals surface area contributed by atoms with E-state index in [1.807, 2.05) is 53.9 Å². The van der Waals surface area contributed by atoms with Crippen molar-refractivity contribution < 1.29 is 0 Å². The van der Waals surface area contributed by atoms with Crippen molar-refractivity contribution in [2.75, 3.05) is 0 Å². The number of unbranched alkanes of at least 4 members (excludes halogenated alkanes) is 2. The molecule has 21 heavy (non-hydrogen) atoms. The lowest BCUT2D eigenvalue weighted by Crippen LogP contribution is -1.71. The zero-order chi connectivity index (χ0) is 14.8. The van der Waals surface area contributed by atoms with E-state index in [0.717, 1.165) is 34.7 Å². The standard InChI is InChI=1S/C19H15ClS/c20-18-14-12-17(13-15-18)9-6-4-2-1-3-5-7-10-19-11-8-16-21-19/h6,8-9,11-16H,1,3,5H2/b9-6+. The van der Waals surface area contributed by atoms with Crippen LogP contribution in [-0.4, -0.2) is 0 Å². The quantitative estimate of drug-likeness (QED) is 0.508. The van der Waals surface area contributed by atoms with Crippen molar-refractivity contribution in [3.63, 3.8) is 0 Å². The minimum atomic E-state index is 0.752. The Balaban J connectivity index is 1.66. The number of allylic oxidation sites excluding steroid dienone is 1. The van der Waals surface area contributed by atoms with Crippen LogP contribution in [0.25, 0.3) is 6.08 Å². The third kappa shape index (κ3) is 6.37. The normalized spacial score (nSPS) is 9.76. The van der Waals surface area contributed by atoms with E-state index < -0.39 is 0 Å². The summed E-state index contributed by atoms with van der Waals surface area (Å²) in [6, 6.07) is 11.8. The van der Waals surface area contributed by atoms with Crippen LogP contribution < -0.4 is 0 Å². The number of benzene rings is 1. The van der Waals surface area contributed by atoms with E-state index in [9.17, 15) is 0 Å². The molecule has 0 saturated heterocycles. The third-order valence-corrected chi connectivity index (χ3v) is 3.70. The fourth-order valence-corrected chi connectivity index (χ4v) is 2.33. The van der Waals surface area contributed by atoms with E-state index in [0.29, 0.717) is 0 Å². The van der Waals surface area contributed by atoms with Crippen molar-refractivity contribution in [1.29, 1.82) is 0 Å². The smallest absolute Gasteiger partial charge is 0.0768 e. The lowest BCUT2D eigenvalue weighted by atomic mass is 10.2. The van der Waals surface area contributed by atoms with E-state index in [-0.39, 0.29) is 0 Å². The summed E-state index contributed by atoms with van der Waals surface area (Å²) in [4.78, 5) is 1.13. The molecule has 0 aliphatic carbocycles. The molecule has 0 nitrogen and oxygen atoms in total. The van der Waals surface area contributed by atoms with Crippen LogP contribution in [0.5, 0.6) is 0 Å². The van der Waals surface area contributed by atoms with Gasteiger partial charge in [-0.05, 0) is 47.7 Å². The lowest BCUT2D eigenvalue weighted by Gasteiger charge is -1.91. The number of hydrogen-bond acceptors (Lipinski definition) is 1. The predicted molar refractivity (Wildman–Crippen MR) is 93.3 cm³/mol. The van der Waals surface area contributed by atoms with Gasteiger partial charge in [0, 0.05) is 17.9 Å². The lowest BCUT2D eigenvalue weighted by molar-refractivity contribution is 0.904. The van der Waals surface area contributed by atoms with Gasteiger partial charge in [0.25, 0.3) is 0 Å². The molecule has 0 atom stereocenters. The van der Waals surface area contributed by atoms with E-state index >= 15 is 0 Å². The van der Waals surface area contributed by atoms with Crippen molar-refractivity contribution in [2.45, 2.75) is 19.3 Å². The maximum Gasteiger partial charge on any atom is 0.0768 e. The molecule has 1 aromatic heterocycles. The largest absolute Gasteiger partial charge is 0.135 e. The topological polar surface area (TPSA) is 0 Å². The second-order valence-electron chi connectivity index (χ2n) is 4.34. The Morgan fingerprint density at radius 2 is 1.86 bits per heavy atom. The summed E-state index contributed by atoms with van der Waals surface area (Å²) >= 11 is 7.50. The molecule has 2 heteroatoms. The molecule has 2 rings (SSSR count). The van der Waals surface area contributed by atoms with Gasteiger partial charge in [0.15, 0.2) is 0 Å². The van der Waals surface area contributed by atoms with Gasteiger partial charge in [-0.1, -0.05) is 53.5 Å². The van der Waals surface area contributed by atoms with Gasteiger partial charge >= 0.3 is 0 Å². The Labute approximate surface area is 135 Å². The molecule has 0 unspecified atom stereocenters. The van der Waals surface area contributed by atoms with Crippen LogP contribution in [0.3, 0.4) is 0 Å². The van der Waals surface area contributed by atoms with Crippen molar-refractivity contribution in [2.24, 2.45) is 0 Å². The van der Waals surface area contributed by atoms with Gasteiger partial charge in [-0.15, -0.1) is 11.3 Å². The summed E-state index contributed by atoms with van der Waals surface area (Å²) in [5.74, 6) is 12.5.